The molecule has 5 rings (SSSR count). The van der Waals surface area contributed by atoms with Crippen LogP contribution in [-0.2, 0) is 9.59 Å². The second-order valence-corrected chi connectivity index (χ2v) is 10.8. The van der Waals surface area contributed by atoms with Crippen LogP contribution in [0.3, 0.4) is 0 Å². The van der Waals surface area contributed by atoms with E-state index in [4.69, 9.17) is 20.8 Å². The highest BCUT2D eigenvalue weighted by Gasteiger charge is 2.26. The van der Waals surface area contributed by atoms with E-state index in [1.807, 2.05) is 63.2 Å². The number of ether oxygens (including phenoxy) is 1. The van der Waals surface area contributed by atoms with Gasteiger partial charge in [-0.2, -0.15) is 0 Å². The van der Waals surface area contributed by atoms with Crippen molar-refractivity contribution in [2.24, 2.45) is 0 Å². The molecule has 5 aromatic rings. The molecule has 44 heavy (non-hydrogen) atoms. The maximum atomic E-state index is 12.5. The average molecular weight is 614 g/mol. The molecule has 1 amide bonds. The summed E-state index contributed by atoms with van der Waals surface area (Å²) in [5.41, 5.74) is 0.465. The summed E-state index contributed by atoms with van der Waals surface area (Å²) in [7, 11) is 0. The van der Waals surface area contributed by atoms with E-state index in [-0.39, 0.29) is 29.4 Å². The van der Waals surface area contributed by atoms with Gasteiger partial charge in [0.05, 0.1) is 10.9 Å². The normalized spacial score (nSPS) is 12.2. The van der Waals surface area contributed by atoms with Gasteiger partial charge < -0.3 is 19.2 Å². The number of likely N-dealkylation sites (N-methyl/N-ethyl adjacent to an activating group) is 1. The number of para-hydroxylation sites is 1. The molecule has 0 saturated carbocycles. The topological polar surface area (TPSA) is 97.0 Å². The summed E-state index contributed by atoms with van der Waals surface area (Å²) < 4.78 is 11.2. The first kappa shape index (κ1) is 32.3. The summed E-state index contributed by atoms with van der Waals surface area (Å²) in [5.74, 6) is -0.0513. The van der Waals surface area contributed by atoms with Gasteiger partial charge >= 0.3 is 5.63 Å². The van der Waals surface area contributed by atoms with E-state index in [0.29, 0.717) is 34.6 Å². The Kier molecular flexibility index (Phi) is 10.8. The molecule has 0 aliphatic carbocycles. The van der Waals surface area contributed by atoms with Crippen LogP contribution in [-0.4, -0.2) is 40.9 Å². The van der Waals surface area contributed by atoms with E-state index in [1.165, 1.54) is 6.92 Å². The fourth-order valence-electron chi connectivity index (χ4n) is 5.16. The number of halogens is 1. The molecule has 1 heterocycles. The zero-order chi connectivity index (χ0) is 31.8. The van der Waals surface area contributed by atoms with Gasteiger partial charge in [-0.25, -0.2) is 4.79 Å². The van der Waals surface area contributed by atoms with Crippen molar-refractivity contribution in [3.63, 3.8) is 0 Å². The number of benzene rings is 4. The molecule has 0 fully saturated rings. The lowest BCUT2D eigenvalue weighted by atomic mass is 9.87. The predicted molar refractivity (Wildman–Crippen MR) is 175 cm³/mol. The van der Waals surface area contributed by atoms with Crippen LogP contribution in [0.1, 0.15) is 51.2 Å². The number of ketones is 1. The van der Waals surface area contributed by atoms with Gasteiger partial charge in [-0.15, -0.1) is 0 Å². The molecule has 8 heteroatoms. The SMILES string of the molecule is CC(=O)CC(c1ccc(Cl)cc1)c1c(O)c2ccccc2oc1=O.CCN(CC)C(=O)C(C)Oc1cccc2ccccc12. The summed E-state index contributed by atoms with van der Waals surface area (Å²) in [6.45, 7) is 8.63. The fraction of sp³-hybridized carbons (Fsp3) is 0.250. The molecular formula is C36H36ClNO6. The molecule has 0 radical (unpaired) electrons. The number of Topliss-reactive ketones (excluding diaryl/α,β-unsaturated/α-hetero) is 1. The number of rotatable bonds is 9. The molecule has 2 unspecified atom stereocenters. The molecule has 0 aliphatic heterocycles. The average Bonchev–Trinajstić information content (AvgIpc) is 3.02. The van der Waals surface area contributed by atoms with Gasteiger partial charge in [0.2, 0.25) is 0 Å². The van der Waals surface area contributed by atoms with E-state index < -0.39 is 17.6 Å². The zero-order valence-corrected chi connectivity index (χ0v) is 26.0. The molecule has 0 spiro atoms. The molecule has 0 bridgehead atoms. The van der Waals surface area contributed by atoms with E-state index in [0.717, 1.165) is 16.5 Å². The Bertz CT molecular complexity index is 1800. The van der Waals surface area contributed by atoms with Crippen molar-refractivity contribution in [1.29, 1.82) is 0 Å². The number of amides is 1. The molecule has 228 valence electrons. The molecule has 7 nitrogen and oxygen atoms in total. The van der Waals surface area contributed by atoms with Crippen LogP contribution in [0.15, 0.2) is 100 Å². The van der Waals surface area contributed by atoms with Gasteiger partial charge in [0.15, 0.2) is 6.10 Å². The fourth-order valence-corrected chi connectivity index (χ4v) is 5.28. The zero-order valence-electron chi connectivity index (χ0n) is 25.2. The number of nitrogens with zero attached hydrogens (tertiary/aromatic N) is 1. The molecule has 1 aromatic heterocycles. The highest BCUT2D eigenvalue weighted by Crippen LogP contribution is 2.36. The maximum Gasteiger partial charge on any atom is 0.343 e. The second-order valence-electron chi connectivity index (χ2n) is 10.4. The first-order valence-electron chi connectivity index (χ1n) is 14.6. The number of carbonyl (C=O) groups is 2. The van der Waals surface area contributed by atoms with Crippen LogP contribution in [0.5, 0.6) is 11.5 Å². The predicted octanol–water partition coefficient (Wildman–Crippen LogP) is 7.74. The lowest BCUT2D eigenvalue weighted by Crippen LogP contribution is -2.40. The monoisotopic (exact) mass is 613 g/mol. The number of fused-ring (bicyclic) bond motifs is 2. The van der Waals surface area contributed by atoms with Crippen molar-refractivity contribution >= 4 is 45.0 Å². The Labute approximate surface area is 261 Å². The minimum Gasteiger partial charge on any atom is -0.507 e. The molecule has 2 atom stereocenters. The minimum atomic E-state index is -0.646. The third-order valence-electron chi connectivity index (χ3n) is 7.41. The number of carbonyl (C=O) groups excluding carboxylic acids is 2. The van der Waals surface area contributed by atoms with Crippen molar-refractivity contribution in [2.45, 2.75) is 46.1 Å². The smallest absolute Gasteiger partial charge is 0.343 e. The van der Waals surface area contributed by atoms with Crippen molar-refractivity contribution in [2.75, 3.05) is 13.1 Å². The Hall–Kier alpha value is -4.62. The van der Waals surface area contributed by atoms with Crippen LogP contribution in [0, 0.1) is 0 Å². The third kappa shape index (κ3) is 7.47. The summed E-state index contributed by atoms with van der Waals surface area (Å²) in [6.07, 6.45) is -0.390. The first-order chi connectivity index (χ1) is 21.1. The maximum absolute atomic E-state index is 12.5. The van der Waals surface area contributed by atoms with Crippen molar-refractivity contribution in [1.82, 2.24) is 4.90 Å². The number of aromatic hydroxyl groups is 1. The van der Waals surface area contributed by atoms with Crippen LogP contribution in [0.25, 0.3) is 21.7 Å². The standard InChI is InChI=1S/C19H15ClO4.C17H21NO2/c1-11(21)10-15(12-6-8-13(20)9-7-12)17-18(22)14-4-2-3-5-16(14)24-19(17)23;1-4-18(5-2)17(19)13(3)20-16-12-8-10-14-9-6-7-11-15(14)16/h2-9,15,22H,10H2,1H3;6-13H,4-5H2,1-3H3. The van der Waals surface area contributed by atoms with E-state index >= 15 is 0 Å². The third-order valence-corrected chi connectivity index (χ3v) is 7.66. The van der Waals surface area contributed by atoms with Crippen LogP contribution in [0.2, 0.25) is 5.02 Å². The molecular weight excluding hydrogens is 578 g/mol. The summed E-state index contributed by atoms with van der Waals surface area (Å²) >= 11 is 5.91. The summed E-state index contributed by atoms with van der Waals surface area (Å²) in [5, 5.41) is 13.8. The number of hydrogen-bond acceptors (Lipinski definition) is 6. The highest BCUT2D eigenvalue weighted by atomic mass is 35.5. The summed E-state index contributed by atoms with van der Waals surface area (Å²) in [4.78, 5) is 38.2. The molecule has 0 saturated heterocycles. The Morgan fingerprint density at radius 1 is 0.886 bits per heavy atom. The van der Waals surface area contributed by atoms with Crippen molar-refractivity contribution in [3.05, 3.63) is 118 Å². The van der Waals surface area contributed by atoms with Gasteiger partial charge in [0.1, 0.15) is 22.9 Å². The highest BCUT2D eigenvalue weighted by molar-refractivity contribution is 6.30. The quantitative estimate of drug-likeness (QED) is 0.171. The first-order valence-corrected chi connectivity index (χ1v) is 14.9. The van der Waals surface area contributed by atoms with Gasteiger partial charge in [-0.1, -0.05) is 72.3 Å². The lowest BCUT2D eigenvalue weighted by Gasteiger charge is -2.23. The van der Waals surface area contributed by atoms with Gasteiger partial charge in [0.25, 0.3) is 5.91 Å². The second kappa shape index (κ2) is 14.7. The summed E-state index contributed by atoms with van der Waals surface area (Å²) in [6, 6.07) is 27.5. The van der Waals surface area contributed by atoms with Gasteiger partial charge in [-0.05, 0) is 69.0 Å². The molecule has 0 aliphatic rings. The molecule has 1 N–H and O–H groups in total. The van der Waals surface area contributed by atoms with Crippen molar-refractivity contribution < 1.29 is 23.8 Å². The Morgan fingerprint density at radius 2 is 1.50 bits per heavy atom. The molecule has 4 aromatic carbocycles. The Balaban J connectivity index is 0.000000204. The van der Waals surface area contributed by atoms with E-state index in [9.17, 15) is 19.5 Å². The van der Waals surface area contributed by atoms with Crippen LogP contribution >= 0.6 is 11.6 Å². The van der Waals surface area contributed by atoms with Crippen molar-refractivity contribution in [3.8, 4) is 11.5 Å². The van der Waals surface area contributed by atoms with E-state index in [1.54, 1.807) is 53.4 Å². The minimum absolute atomic E-state index is 0.0305. The lowest BCUT2D eigenvalue weighted by molar-refractivity contribution is -0.137. The van der Waals surface area contributed by atoms with Gasteiger partial charge in [-0.3, -0.25) is 9.59 Å². The van der Waals surface area contributed by atoms with Crippen LogP contribution < -0.4 is 10.4 Å². The largest absolute Gasteiger partial charge is 0.507 e. The van der Waals surface area contributed by atoms with Gasteiger partial charge in [0, 0.05) is 35.8 Å². The Morgan fingerprint density at radius 3 is 2.16 bits per heavy atom. The van der Waals surface area contributed by atoms with E-state index in [2.05, 4.69) is 0 Å². The number of hydrogen-bond donors (Lipinski definition) is 1. The van der Waals surface area contributed by atoms with Crippen LogP contribution in [0.4, 0.5) is 0 Å².